The molecule has 0 radical (unpaired) electrons. The van der Waals surface area contributed by atoms with Gasteiger partial charge in [0.2, 0.25) is 5.91 Å². The molecule has 3 nitrogen and oxygen atoms in total. The highest BCUT2D eigenvalue weighted by molar-refractivity contribution is 7.80. The molecule has 4 heteroatoms. The van der Waals surface area contributed by atoms with Crippen LogP contribution < -0.4 is 10.6 Å². The van der Waals surface area contributed by atoms with Crippen LogP contribution >= 0.6 is 12.2 Å². The number of thiocarbonyl (C=S) groups is 1. The average molecular weight is 362 g/mol. The largest absolute Gasteiger partial charge is 0.332 e. The molecule has 0 fully saturated rings. The number of benzene rings is 3. The summed E-state index contributed by atoms with van der Waals surface area (Å²) in [7, 11) is 0. The second kappa shape index (κ2) is 8.11. The highest BCUT2D eigenvalue weighted by Gasteiger charge is 2.11. The van der Waals surface area contributed by atoms with Crippen LogP contribution in [-0.2, 0) is 17.6 Å². The minimum absolute atomic E-state index is 0.120. The summed E-state index contributed by atoms with van der Waals surface area (Å²) in [5, 5.41) is 8.54. The number of carbonyl (C=O) groups is 1. The van der Waals surface area contributed by atoms with Gasteiger partial charge in [0.05, 0.1) is 6.42 Å². The number of para-hydroxylation sites is 1. The van der Waals surface area contributed by atoms with E-state index in [0.29, 0.717) is 5.11 Å². The van der Waals surface area contributed by atoms with Crippen LogP contribution in [0.3, 0.4) is 0 Å². The van der Waals surface area contributed by atoms with E-state index in [1.54, 1.807) is 0 Å². The maximum atomic E-state index is 12.5. The minimum Gasteiger partial charge on any atom is -0.332 e. The zero-order chi connectivity index (χ0) is 18.5. The molecule has 1 amide bonds. The lowest BCUT2D eigenvalue weighted by molar-refractivity contribution is -0.119. The van der Waals surface area contributed by atoms with Crippen LogP contribution in [0.4, 0.5) is 5.69 Å². The fourth-order valence-corrected chi connectivity index (χ4v) is 3.35. The third-order valence-corrected chi connectivity index (χ3v) is 4.67. The van der Waals surface area contributed by atoms with Gasteiger partial charge in [0.25, 0.3) is 0 Å². The van der Waals surface area contributed by atoms with Gasteiger partial charge in [0.15, 0.2) is 5.11 Å². The van der Waals surface area contributed by atoms with Crippen LogP contribution in [0.15, 0.2) is 60.7 Å². The van der Waals surface area contributed by atoms with Crippen molar-refractivity contribution in [1.29, 1.82) is 0 Å². The summed E-state index contributed by atoms with van der Waals surface area (Å²) in [6.07, 6.45) is 1.19. The van der Waals surface area contributed by atoms with Gasteiger partial charge in [-0.3, -0.25) is 4.79 Å². The van der Waals surface area contributed by atoms with Crippen molar-refractivity contribution in [3.8, 4) is 0 Å². The first kappa shape index (κ1) is 18.1. The second-order valence-electron chi connectivity index (χ2n) is 6.28. The third kappa shape index (κ3) is 4.09. The van der Waals surface area contributed by atoms with E-state index >= 15 is 0 Å². The second-order valence-corrected chi connectivity index (χ2v) is 6.69. The van der Waals surface area contributed by atoms with Gasteiger partial charge in [-0.1, -0.05) is 67.6 Å². The predicted molar refractivity (Wildman–Crippen MR) is 113 cm³/mol. The molecule has 0 heterocycles. The highest BCUT2D eigenvalue weighted by Crippen LogP contribution is 2.21. The van der Waals surface area contributed by atoms with E-state index in [0.717, 1.165) is 34.0 Å². The Morgan fingerprint density at radius 1 is 0.962 bits per heavy atom. The average Bonchev–Trinajstić information content (AvgIpc) is 2.63. The van der Waals surface area contributed by atoms with Crippen molar-refractivity contribution in [3.63, 3.8) is 0 Å². The number of aryl methyl sites for hydroxylation is 2. The summed E-state index contributed by atoms with van der Waals surface area (Å²) in [5.41, 5.74) is 4.25. The molecule has 2 N–H and O–H groups in total. The zero-order valence-corrected chi connectivity index (χ0v) is 15.8. The van der Waals surface area contributed by atoms with Gasteiger partial charge in [-0.25, -0.2) is 0 Å². The number of carbonyl (C=O) groups excluding carboxylic acids is 1. The quantitative estimate of drug-likeness (QED) is 0.657. The molecule has 0 unspecified atom stereocenters. The molecule has 3 aromatic rings. The molecular weight excluding hydrogens is 340 g/mol. The normalized spacial score (nSPS) is 10.5. The Morgan fingerprint density at radius 3 is 2.46 bits per heavy atom. The molecule has 0 aliphatic carbocycles. The van der Waals surface area contributed by atoms with Crippen LogP contribution in [0.1, 0.15) is 23.6 Å². The topological polar surface area (TPSA) is 41.1 Å². The van der Waals surface area contributed by atoms with Crippen molar-refractivity contribution in [2.24, 2.45) is 0 Å². The first-order valence-corrected chi connectivity index (χ1v) is 9.15. The molecule has 0 saturated carbocycles. The highest BCUT2D eigenvalue weighted by atomic mass is 32.1. The summed E-state index contributed by atoms with van der Waals surface area (Å²) >= 11 is 5.35. The molecule has 0 atom stereocenters. The Balaban J connectivity index is 1.69. The van der Waals surface area contributed by atoms with Crippen LogP contribution in [0, 0.1) is 6.92 Å². The Labute approximate surface area is 159 Å². The van der Waals surface area contributed by atoms with E-state index in [1.165, 1.54) is 5.56 Å². The number of rotatable bonds is 4. The zero-order valence-electron chi connectivity index (χ0n) is 15.0. The van der Waals surface area contributed by atoms with Crippen molar-refractivity contribution in [1.82, 2.24) is 5.32 Å². The molecular formula is C22H22N2OS. The maximum absolute atomic E-state index is 12.5. The number of hydrogen-bond donors (Lipinski definition) is 2. The lowest BCUT2D eigenvalue weighted by Gasteiger charge is -2.15. The predicted octanol–water partition coefficient (Wildman–Crippen LogP) is 4.77. The molecule has 26 heavy (non-hydrogen) atoms. The van der Waals surface area contributed by atoms with Crippen LogP contribution in [0.25, 0.3) is 10.8 Å². The Morgan fingerprint density at radius 2 is 1.65 bits per heavy atom. The lowest BCUT2D eigenvalue weighted by Crippen LogP contribution is -2.35. The fraction of sp³-hybridized carbons (Fsp3) is 0.182. The number of fused-ring (bicyclic) bond motifs is 1. The van der Waals surface area contributed by atoms with Gasteiger partial charge >= 0.3 is 0 Å². The Bertz CT molecular complexity index is 960. The summed E-state index contributed by atoms with van der Waals surface area (Å²) < 4.78 is 0. The maximum Gasteiger partial charge on any atom is 0.230 e. The Hall–Kier alpha value is -2.72. The molecule has 0 aromatic heterocycles. The standard InChI is InChI=1S/C22H22N2OS/c1-3-16-10-6-8-15(2)21(16)24-22(26)23-20(25)14-18-12-7-11-17-9-4-5-13-19(17)18/h4-13H,3,14H2,1-2H3,(H2,23,24,25,26). The number of amides is 1. The van der Waals surface area contributed by atoms with Gasteiger partial charge in [-0.15, -0.1) is 0 Å². The number of anilines is 1. The van der Waals surface area contributed by atoms with Gasteiger partial charge in [0, 0.05) is 5.69 Å². The number of hydrogen-bond acceptors (Lipinski definition) is 2. The van der Waals surface area contributed by atoms with Crippen molar-refractivity contribution < 1.29 is 4.79 Å². The molecule has 0 saturated heterocycles. The molecule has 0 aliphatic rings. The smallest absolute Gasteiger partial charge is 0.230 e. The first-order chi connectivity index (χ1) is 12.6. The van der Waals surface area contributed by atoms with E-state index in [9.17, 15) is 4.79 Å². The molecule has 0 bridgehead atoms. The van der Waals surface area contributed by atoms with E-state index in [1.807, 2.05) is 61.5 Å². The number of nitrogens with one attached hydrogen (secondary N) is 2. The van der Waals surface area contributed by atoms with E-state index in [2.05, 4.69) is 23.6 Å². The van der Waals surface area contributed by atoms with Crippen LogP contribution in [0.2, 0.25) is 0 Å². The molecule has 132 valence electrons. The lowest BCUT2D eigenvalue weighted by atomic mass is 10.0. The summed E-state index contributed by atoms with van der Waals surface area (Å²) in [4.78, 5) is 12.5. The summed E-state index contributed by atoms with van der Waals surface area (Å²) in [6.45, 7) is 4.13. The Kier molecular flexibility index (Phi) is 5.64. The fourth-order valence-electron chi connectivity index (χ4n) is 3.14. The van der Waals surface area contributed by atoms with Crippen LogP contribution in [-0.4, -0.2) is 11.0 Å². The third-order valence-electron chi connectivity index (χ3n) is 4.46. The monoisotopic (exact) mass is 362 g/mol. The van der Waals surface area contributed by atoms with Gasteiger partial charge in [0.1, 0.15) is 0 Å². The minimum atomic E-state index is -0.120. The first-order valence-electron chi connectivity index (χ1n) is 8.74. The van der Waals surface area contributed by atoms with Crippen molar-refractivity contribution in [3.05, 3.63) is 77.4 Å². The van der Waals surface area contributed by atoms with Gasteiger partial charge in [-0.05, 0) is 53.0 Å². The van der Waals surface area contributed by atoms with Crippen LogP contribution in [0.5, 0.6) is 0 Å². The van der Waals surface area contributed by atoms with Crippen molar-refractivity contribution >= 4 is 39.7 Å². The summed E-state index contributed by atoms with van der Waals surface area (Å²) in [6, 6.07) is 20.2. The molecule has 3 aromatic carbocycles. The SMILES string of the molecule is CCc1cccc(C)c1NC(=S)NC(=O)Cc1cccc2ccccc12. The summed E-state index contributed by atoms with van der Waals surface area (Å²) in [5.74, 6) is -0.120. The van der Waals surface area contributed by atoms with Crippen molar-refractivity contribution in [2.75, 3.05) is 5.32 Å². The van der Waals surface area contributed by atoms with Crippen molar-refractivity contribution in [2.45, 2.75) is 26.7 Å². The van der Waals surface area contributed by atoms with Gasteiger partial charge in [-0.2, -0.15) is 0 Å². The molecule has 0 aliphatic heterocycles. The van der Waals surface area contributed by atoms with E-state index in [-0.39, 0.29) is 12.3 Å². The molecule has 0 spiro atoms. The van der Waals surface area contributed by atoms with Gasteiger partial charge < -0.3 is 10.6 Å². The van der Waals surface area contributed by atoms with E-state index < -0.39 is 0 Å². The molecule has 3 rings (SSSR count). The van der Waals surface area contributed by atoms with E-state index in [4.69, 9.17) is 12.2 Å².